The minimum absolute atomic E-state index is 0.229. The lowest BCUT2D eigenvalue weighted by molar-refractivity contribution is 0.0767. The molecule has 0 spiro atoms. The molecule has 21 heavy (non-hydrogen) atoms. The van der Waals surface area contributed by atoms with Gasteiger partial charge in [0.05, 0.1) is 0 Å². The number of carbonyl (C=O) groups excluding carboxylic acids is 1. The third-order valence-electron chi connectivity index (χ3n) is 5.38. The Labute approximate surface area is 128 Å². The number of nitrogens with zero attached hydrogens (tertiary/aromatic N) is 2. The van der Waals surface area contributed by atoms with Gasteiger partial charge in [0, 0.05) is 25.3 Å². The van der Waals surface area contributed by atoms with Crippen LogP contribution in [-0.4, -0.2) is 28.5 Å². The van der Waals surface area contributed by atoms with E-state index in [0.717, 1.165) is 30.6 Å². The topological polar surface area (TPSA) is 25.2 Å². The Balaban J connectivity index is 1.65. The van der Waals surface area contributed by atoms with Gasteiger partial charge in [-0.2, -0.15) is 0 Å². The molecule has 116 valence electrons. The zero-order chi connectivity index (χ0) is 14.8. The smallest absolute Gasteiger partial charge is 0.270 e. The molecule has 1 unspecified atom stereocenters. The maximum atomic E-state index is 12.8. The van der Waals surface area contributed by atoms with Crippen molar-refractivity contribution in [1.29, 1.82) is 0 Å². The first-order valence-corrected chi connectivity index (χ1v) is 8.63. The fourth-order valence-corrected chi connectivity index (χ4v) is 4.15. The lowest BCUT2D eigenvalue weighted by Gasteiger charge is -2.27. The van der Waals surface area contributed by atoms with Crippen molar-refractivity contribution < 1.29 is 4.79 Å². The lowest BCUT2D eigenvalue weighted by atomic mass is 9.80. The molecule has 2 heterocycles. The predicted octanol–water partition coefficient (Wildman–Crippen LogP) is 4.11. The average Bonchev–Trinajstić information content (AvgIpc) is 3.17. The van der Waals surface area contributed by atoms with Crippen LogP contribution in [0, 0.1) is 11.8 Å². The predicted molar refractivity (Wildman–Crippen MR) is 85.4 cm³/mol. The molecule has 0 radical (unpaired) electrons. The van der Waals surface area contributed by atoms with Crippen LogP contribution in [0.4, 0.5) is 0 Å². The largest absolute Gasteiger partial charge is 0.341 e. The molecule has 1 aliphatic carbocycles. The van der Waals surface area contributed by atoms with Gasteiger partial charge < -0.3 is 9.47 Å². The van der Waals surface area contributed by atoms with Crippen LogP contribution in [0.5, 0.6) is 0 Å². The zero-order valence-electron chi connectivity index (χ0n) is 13.4. The second kappa shape index (κ2) is 6.25. The Morgan fingerprint density at radius 3 is 2.62 bits per heavy atom. The van der Waals surface area contributed by atoms with Crippen LogP contribution in [0.25, 0.3) is 0 Å². The second-order valence-corrected chi connectivity index (χ2v) is 7.09. The first-order chi connectivity index (χ1) is 10.2. The van der Waals surface area contributed by atoms with E-state index in [0.29, 0.717) is 6.04 Å². The van der Waals surface area contributed by atoms with Gasteiger partial charge in [-0.15, -0.1) is 0 Å². The van der Waals surface area contributed by atoms with E-state index < -0.39 is 0 Å². The molecule has 2 aliphatic rings. The highest BCUT2D eigenvalue weighted by Gasteiger charge is 2.33. The van der Waals surface area contributed by atoms with Crippen LogP contribution in [0.15, 0.2) is 18.3 Å². The van der Waals surface area contributed by atoms with Gasteiger partial charge in [-0.1, -0.05) is 32.1 Å². The number of hydrogen-bond acceptors (Lipinski definition) is 1. The molecule has 1 saturated heterocycles. The Bertz CT molecular complexity index is 485. The van der Waals surface area contributed by atoms with Crippen molar-refractivity contribution in [2.24, 2.45) is 11.8 Å². The number of aromatic nitrogens is 1. The molecular formula is C18H28N2O. The number of rotatable bonds is 3. The molecule has 3 rings (SSSR count). The van der Waals surface area contributed by atoms with E-state index in [1.165, 1.54) is 38.5 Å². The quantitative estimate of drug-likeness (QED) is 0.821. The van der Waals surface area contributed by atoms with Crippen molar-refractivity contribution in [3.63, 3.8) is 0 Å². The van der Waals surface area contributed by atoms with Crippen molar-refractivity contribution in [2.75, 3.05) is 13.1 Å². The summed E-state index contributed by atoms with van der Waals surface area (Å²) in [7, 11) is 0. The van der Waals surface area contributed by atoms with Crippen molar-refractivity contribution in [3.8, 4) is 0 Å². The standard InChI is InChI=1S/C18H28N2O/c1-14(2)20-11-6-9-17(20)18(21)19-12-10-16(13-19)15-7-4-3-5-8-15/h6,9,11,14-16H,3-5,7-8,10,12-13H2,1-2H3. The van der Waals surface area contributed by atoms with Crippen molar-refractivity contribution >= 4 is 5.91 Å². The highest BCUT2D eigenvalue weighted by Crippen LogP contribution is 2.35. The molecule has 2 fully saturated rings. The van der Waals surface area contributed by atoms with Gasteiger partial charge in [0.15, 0.2) is 0 Å². The minimum Gasteiger partial charge on any atom is -0.341 e. The highest BCUT2D eigenvalue weighted by molar-refractivity contribution is 5.93. The summed E-state index contributed by atoms with van der Waals surface area (Å²) in [6, 6.07) is 4.30. The van der Waals surface area contributed by atoms with Crippen molar-refractivity contribution in [1.82, 2.24) is 9.47 Å². The van der Waals surface area contributed by atoms with E-state index in [4.69, 9.17) is 0 Å². The summed E-state index contributed by atoms with van der Waals surface area (Å²) in [5, 5.41) is 0. The van der Waals surface area contributed by atoms with Crippen LogP contribution >= 0.6 is 0 Å². The molecule has 3 heteroatoms. The molecule has 1 amide bonds. The second-order valence-electron chi connectivity index (χ2n) is 7.09. The SMILES string of the molecule is CC(C)n1cccc1C(=O)N1CCC(C2CCCCC2)C1. The molecule has 0 N–H and O–H groups in total. The van der Waals surface area contributed by atoms with Crippen LogP contribution in [0.1, 0.15) is 68.9 Å². The van der Waals surface area contributed by atoms with E-state index in [1.54, 1.807) is 0 Å². The molecule has 1 aromatic heterocycles. The molecule has 1 aliphatic heterocycles. The number of likely N-dealkylation sites (tertiary alicyclic amines) is 1. The van der Waals surface area contributed by atoms with Gasteiger partial charge in [-0.3, -0.25) is 4.79 Å². The Kier molecular flexibility index (Phi) is 4.37. The van der Waals surface area contributed by atoms with Gasteiger partial charge in [0.2, 0.25) is 0 Å². The van der Waals surface area contributed by atoms with E-state index in [2.05, 4.69) is 23.3 Å². The van der Waals surface area contributed by atoms with Gasteiger partial charge in [0.1, 0.15) is 5.69 Å². The molecule has 1 saturated carbocycles. The first-order valence-electron chi connectivity index (χ1n) is 8.63. The van der Waals surface area contributed by atoms with Gasteiger partial charge in [-0.25, -0.2) is 0 Å². The molecular weight excluding hydrogens is 260 g/mol. The third kappa shape index (κ3) is 3.02. The molecule has 0 bridgehead atoms. The summed E-state index contributed by atoms with van der Waals surface area (Å²) in [4.78, 5) is 14.9. The Hall–Kier alpha value is -1.25. The average molecular weight is 288 g/mol. The number of amides is 1. The van der Waals surface area contributed by atoms with E-state index in [9.17, 15) is 4.79 Å². The van der Waals surface area contributed by atoms with Gasteiger partial charge >= 0.3 is 0 Å². The highest BCUT2D eigenvalue weighted by atomic mass is 16.2. The van der Waals surface area contributed by atoms with Crippen molar-refractivity contribution in [3.05, 3.63) is 24.0 Å². The Morgan fingerprint density at radius 2 is 1.90 bits per heavy atom. The van der Waals surface area contributed by atoms with Crippen LogP contribution in [0.2, 0.25) is 0 Å². The Morgan fingerprint density at radius 1 is 1.14 bits per heavy atom. The van der Waals surface area contributed by atoms with Crippen molar-refractivity contribution in [2.45, 2.75) is 58.4 Å². The molecule has 1 aromatic rings. The number of hydrogen-bond donors (Lipinski definition) is 0. The first kappa shape index (κ1) is 14.7. The van der Waals surface area contributed by atoms with Crippen LogP contribution in [-0.2, 0) is 0 Å². The minimum atomic E-state index is 0.229. The maximum absolute atomic E-state index is 12.8. The molecule has 3 nitrogen and oxygen atoms in total. The zero-order valence-corrected chi connectivity index (χ0v) is 13.4. The summed E-state index contributed by atoms with van der Waals surface area (Å²) in [5.41, 5.74) is 0.856. The maximum Gasteiger partial charge on any atom is 0.270 e. The van der Waals surface area contributed by atoms with Gasteiger partial charge in [0.25, 0.3) is 5.91 Å². The fourth-order valence-electron chi connectivity index (χ4n) is 4.15. The summed E-state index contributed by atoms with van der Waals surface area (Å²) in [6.07, 6.45) is 10.2. The van der Waals surface area contributed by atoms with Gasteiger partial charge in [-0.05, 0) is 44.2 Å². The van der Waals surface area contributed by atoms with Crippen LogP contribution in [0.3, 0.4) is 0 Å². The normalized spacial score (nSPS) is 24.0. The summed E-state index contributed by atoms with van der Waals surface area (Å²) < 4.78 is 2.09. The molecule has 0 aromatic carbocycles. The number of carbonyl (C=O) groups is 1. The third-order valence-corrected chi connectivity index (χ3v) is 5.38. The summed E-state index contributed by atoms with van der Waals surface area (Å²) in [5.74, 6) is 1.84. The monoisotopic (exact) mass is 288 g/mol. The lowest BCUT2D eigenvalue weighted by Crippen LogP contribution is -2.32. The summed E-state index contributed by atoms with van der Waals surface area (Å²) >= 11 is 0. The van der Waals surface area contributed by atoms with E-state index in [-0.39, 0.29) is 5.91 Å². The van der Waals surface area contributed by atoms with E-state index in [1.807, 2.05) is 18.3 Å². The van der Waals surface area contributed by atoms with Crippen LogP contribution < -0.4 is 0 Å². The summed E-state index contributed by atoms with van der Waals surface area (Å²) in [6.45, 7) is 6.19. The fraction of sp³-hybridized carbons (Fsp3) is 0.722. The molecule has 1 atom stereocenters. The van der Waals surface area contributed by atoms with E-state index >= 15 is 0 Å².